The molecule has 16 heavy (non-hydrogen) atoms. The summed E-state index contributed by atoms with van der Waals surface area (Å²) in [5, 5.41) is 12.3. The summed E-state index contributed by atoms with van der Waals surface area (Å²) in [6.45, 7) is 6.01. The van der Waals surface area contributed by atoms with E-state index >= 15 is 0 Å². The first kappa shape index (κ1) is 13.0. The lowest BCUT2D eigenvalue weighted by Gasteiger charge is -2.30. The van der Waals surface area contributed by atoms with Crippen LogP contribution in [0.5, 0.6) is 0 Å². The van der Waals surface area contributed by atoms with E-state index in [2.05, 4.69) is 36.2 Å². The molecular weight excluding hydrogens is 200 g/mol. The van der Waals surface area contributed by atoms with Crippen molar-refractivity contribution in [2.45, 2.75) is 26.4 Å². The number of nitrogens with one attached hydrogen (secondary N) is 1. The van der Waals surface area contributed by atoms with Crippen molar-refractivity contribution in [3.8, 4) is 0 Å². The highest BCUT2D eigenvalue weighted by molar-refractivity contribution is 5.54. The molecule has 1 aromatic carbocycles. The highest BCUT2D eigenvalue weighted by Gasteiger charge is 2.12. The number of hydrogen-bond donors (Lipinski definition) is 2. The summed E-state index contributed by atoms with van der Waals surface area (Å²) in [6, 6.07) is 8.72. The number of anilines is 1. The second-order valence-electron chi connectivity index (χ2n) is 4.17. The molecule has 3 nitrogen and oxygen atoms in total. The predicted molar refractivity (Wildman–Crippen MR) is 68.8 cm³/mol. The van der Waals surface area contributed by atoms with Gasteiger partial charge in [0.15, 0.2) is 0 Å². The number of para-hydroxylation sites is 1. The topological polar surface area (TPSA) is 35.5 Å². The van der Waals surface area contributed by atoms with Gasteiger partial charge < -0.3 is 15.3 Å². The van der Waals surface area contributed by atoms with Gasteiger partial charge in [-0.05, 0) is 32.5 Å². The van der Waals surface area contributed by atoms with Crippen LogP contribution >= 0.6 is 0 Å². The lowest BCUT2D eigenvalue weighted by Crippen LogP contribution is -2.34. The molecule has 0 radical (unpaired) electrons. The van der Waals surface area contributed by atoms with Crippen LogP contribution < -0.4 is 10.2 Å². The van der Waals surface area contributed by atoms with Crippen molar-refractivity contribution in [3.63, 3.8) is 0 Å². The van der Waals surface area contributed by atoms with E-state index < -0.39 is 0 Å². The standard InChI is InChI=1S/C13H22N2O/c1-11(2)15(8-9-16)13-7-5-4-6-12(13)10-14-3/h4-7,11,14,16H,8-10H2,1-3H3. The van der Waals surface area contributed by atoms with Gasteiger partial charge in [-0.3, -0.25) is 0 Å². The monoisotopic (exact) mass is 222 g/mol. The van der Waals surface area contributed by atoms with E-state index in [-0.39, 0.29) is 6.61 Å². The highest BCUT2D eigenvalue weighted by atomic mass is 16.3. The first-order chi connectivity index (χ1) is 7.70. The summed E-state index contributed by atoms with van der Waals surface area (Å²) in [6.07, 6.45) is 0. The quantitative estimate of drug-likeness (QED) is 0.767. The molecule has 1 aromatic rings. The number of hydrogen-bond acceptors (Lipinski definition) is 3. The maximum absolute atomic E-state index is 9.11. The molecule has 0 bridgehead atoms. The Labute approximate surface area is 98.1 Å². The minimum Gasteiger partial charge on any atom is -0.395 e. The first-order valence-electron chi connectivity index (χ1n) is 5.80. The van der Waals surface area contributed by atoms with Crippen molar-refractivity contribution in [1.82, 2.24) is 5.32 Å². The van der Waals surface area contributed by atoms with E-state index in [1.807, 2.05) is 19.2 Å². The number of aliphatic hydroxyl groups is 1. The molecule has 0 spiro atoms. The predicted octanol–water partition coefficient (Wildman–Crippen LogP) is 1.61. The van der Waals surface area contributed by atoms with E-state index in [1.165, 1.54) is 11.3 Å². The average molecular weight is 222 g/mol. The largest absolute Gasteiger partial charge is 0.395 e. The van der Waals surface area contributed by atoms with Crippen molar-refractivity contribution in [2.75, 3.05) is 25.1 Å². The van der Waals surface area contributed by atoms with Crippen LogP contribution in [0.1, 0.15) is 19.4 Å². The normalized spacial score (nSPS) is 10.8. The van der Waals surface area contributed by atoms with Gasteiger partial charge in [0.25, 0.3) is 0 Å². The van der Waals surface area contributed by atoms with Crippen molar-refractivity contribution in [3.05, 3.63) is 29.8 Å². The zero-order valence-electron chi connectivity index (χ0n) is 10.4. The first-order valence-corrected chi connectivity index (χ1v) is 5.80. The minimum atomic E-state index is 0.187. The molecule has 0 atom stereocenters. The van der Waals surface area contributed by atoms with Gasteiger partial charge in [-0.2, -0.15) is 0 Å². The fourth-order valence-electron chi connectivity index (χ4n) is 1.90. The Bertz CT molecular complexity index is 313. The molecule has 0 heterocycles. The van der Waals surface area contributed by atoms with Crippen LogP contribution in [0.3, 0.4) is 0 Å². The lowest BCUT2D eigenvalue weighted by molar-refractivity contribution is 0.299. The molecule has 90 valence electrons. The summed E-state index contributed by atoms with van der Waals surface area (Å²) in [5.41, 5.74) is 2.48. The average Bonchev–Trinajstić information content (AvgIpc) is 2.27. The second-order valence-corrected chi connectivity index (χ2v) is 4.17. The van der Waals surface area contributed by atoms with Gasteiger partial charge in [-0.1, -0.05) is 18.2 Å². The number of aliphatic hydroxyl groups excluding tert-OH is 1. The van der Waals surface area contributed by atoms with Crippen LogP contribution in [0.15, 0.2) is 24.3 Å². The third-order valence-electron chi connectivity index (χ3n) is 2.63. The van der Waals surface area contributed by atoms with Crippen molar-refractivity contribution < 1.29 is 5.11 Å². The molecule has 3 heteroatoms. The van der Waals surface area contributed by atoms with Crippen LogP contribution in [0.4, 0.5) is 5.69 Å². The molecule has 0 fully saturated rings. The van der Waals surface area contributed by atoms with Gasteiger partial charge in [0.1, 0.15) is 0 Å². The minimum absolute atomic E-state index is 0.187. The van der Waals surface area contributed by atoms with Gasteiger partial charge >= 0.3 is 0 Å². The van der Waals surface area contributed by atoms with Gasteiger partial charge in [-0.15, -0.1) is 0 Å². The fourth-order valence-corrected chi connectivity index (χ4v) is 1.90. The van der Waals surface area contributed by atoms with Gasteiger partial charge in [0.05, 0.1) is 6.61 Å². The third-order valence-corrected chi connectivity index (χ3v) is 2.63. The Morgan fingerprint density at radius 2 is 2.00 bits per heavy atom. The van der Waals surface area contributed by atoms with Crippen LogP contribution in [0, 0.1) is 0 Å². The number of benzene rings is 1. The van der Waals surface area contributed by atoms with E-state index in [9.17, 15) is 0 Å². The SMILES string of the molecule is CNCc1ccccc1N(CCO)C(C)C. The summed E-state index contributed by atoms with van der Waals surface area (Å²) >= 11 is 0. The van der Waals surface area contributed by atoms with Gasteiger partial charge in [0.2, 0.25) is 0 Å². The van der Waals surface area contributed by atoms with Crippen molar-refractivity contribution in [2.24, 2.45) is 0 Å². The molecule has 0 aliphatic rings. The molecule has 0 aliphatic carbocycles. The van der Waals surface area contributed by atoms with Crippen LogP contribution in [0.25, 0.3) is 0 Å². The summed E-state index contributed by atoms with van der Waals surface area (Å²) in [7, 11) is 1.95. The molecular formula is C13H22N2O. The molecule has 0 amide bonds. The molecule has 0 unspecified atom stereocenters. The zero-order chi connectivity index (χ0) is 12.0. The maximum atomic E-state index is 9.11. The maximum Gasteiger partial charge on any atom is 0.0606 e. The fraction of sp³-hybridized carbons (Fsp3) is 0.538. The Morgan fingerprint density at radius 3 is 2.56 bits per heavy atom. The molecule has 2 N–H and O–H groups in total. The highest BCUT2D eigenvalue weighted by Crippen LogP contribution is 2.22. The third kappa shape index (κ3) is 3.22. The van der Waals surface area contributed by atoms with Crippen molar-refractivity contribution >= 4 is 5.69 Å². The van der Waals surface area contributed by atoms with Crippen molar-refractivity contribution in [1.29, 1.82) is 0 Å². The van der Waals surface area contributed by atoms with E-state index in [0.717, 1.165) is 6.54 Å². The Hall–Kier alpha value is -1.06. The smallest absolute Gasteiger partial charge is 0.0606 e. The van der Waals surface area contributed by atoms with E-state index in [1.54, 1.807) is 0 Å². The van der Waals surface area contributed by atoms with E-state index in [4.69, 9.17) is 5.11 Å². The Balaban J connectivity index is 2.97. The van der Waals surface area contributed by atoms with Crippen LogP contribution in [0.2, 0.25) is 0 Å². The Morgan fingerprint density at radius 1 is 1.31 bits per heavy atom. The van der Waals surface area contributed by atoms with Crippen LogP contribution in [-0.2, 0) is 6.54 Å². The Kier molecular flexibility index (Phi) is 5.29. The van der Waals surface area contributed by atoms with Gasteiger partial charge in [0, 0.05) is 24.8 Å². The second kappa shape index (κ2) is 6.51. The number of nitrogens with zero attached hydrogens (tertiary/aromatic N) is 1. The molecule has 0 aromatic heterocycles. The zero-order valence-corrected chi connectivity index (χ0v) is 10.4. The molecule has 0 aliphatic heterocycles. The lowest BCUT2D eigenvalue weighted by atomic mass is 10.1. The summed E-state index contributed by atoms with van der Waals surface area (Å²) in [5.74, 6) is 0. The van der Waals surface area contributed by atoms with E-state index in [0.29, 0.717) is 12.6 Å². The molecule has 0 saturated heterocycles. The summed E-state index contributed by atoms with van der Waals surface area (Å²) < 4.78 is 0. The molecule has 0 saturated carbocycles. The summed E-state index contributed by atoms with van der Waals surface area (Å²) in [4.78, 5) is 2.23. The van der Waals surface area contributed by atoms with Gasteiger partial charge in [-0.25, -0.2) is 0 Å². The van der Waals surface area contributed by atoms with Crippen LogP contribution in [-0.4, -0.2) is 31.3 Å². The number of rotatable bonds is 6. The molecule has 1 rings (SSSR count).